The lowest BCUT2D eigenvalue weighted by atomic mass is 10.1. The lowest BCUT2D eigenvalue weighted by molar-refractivity contribution is 1.33. The van der Waals surface area contributed by atoms with Crippen molar-refractivity contribution in [3.8, 4) is 11.1 Å². The van der Waals surface area contributed by atoms with Gasteiger partial charge in [0.05, 0.1) is 25.1 Å². The van der Waals surface area contributed by atoms with Crippen LogP contribution >= 0.6 is 58.0 Å². The van der Waals surface area contributed by atoms with E-state index >= 15 is 0 Å². The molecule has 0 amide bonds. The summed E-state index contributed by atoms with van der Waals surface area (Å²) in [6.45, 7) is 0. The van der Waals surface area contributed by atoms with E-state index in [0.29, 0.717) is 36.2 Å². The average Bonchev–Trinajstić information content (AvgIpc) is 2.25. The maximum absolute atomic E-state index is 6.10. The van der Waals surface area contributed by atoms with Crippen LogP contribution in [0.4, 0.5) is 0 Å². The van der Waals surface area contributed by atoms with Crippen LogP contribution in [-0.4, -0.2) is 4.98 Å². The molecule has 1 nitrogen and oxygen atoms in total. The first-order valence-corrected chi connectivity index (χ1v) is 6.33. The Morgan fingerprint density at radius 1 is 0.647 bits per heavy atom. The lowest BCUT2D eigenvalue weighted by Crippen LogP contribution is -1.86. The standard InChI is InChI=1S/C11H4Cl5N/c12-6-2-8(14)7(13)1-5(6)11-9(15)3-17-4-10(11)16/h1-4H. The van der Waals surface area contributed by atoms with E-state index in [2.05, 4.69) is 4.98 Å². The van der Waals surface area contributed by atoms with E-state index in [-0.39, 0.29) is 0 Å². The van der Waals surface area contributed by atoms with Crippen LogP contribution in [0.2, 0.25) is 25.1 Å². The molecule has 0 saturated heterocycles. The second-order valence-electron chi connectivity index (χ2n) is 3.22. The van der Waals surface area contributed by atoms with Gasteiger partial charge in [0, 0.05) is 23.5 Å². The second-order valence-corrected chi connectivity index (χ2v) is 5.26. The van der Waals surface area contributed by atoms with Crippen molar-refractivity contribution in [2.75, 3.05) is 0 Å². The van der Waals surface area contributed by atoms with Crippen LogP contribution in [0.15, 0.2) is 24.5 Å². The molecule has 1 aromatic carbocycles. The van der Waals surface area contributed by atoms with Crippen LogP contribution in [0.1, 0.15) is 0 Å². The summed E-state index contributed by atoms with van der Waals surface area (Å²) in [5.41, 5.74) is 1.21. The highest BCUT2D eigenvalue weighted by molar-refractivity contribution is 6.45. The summed E-state index contributed by atoms with van der Waals surface area (Å²) in [5, 5.41) is 1.99. The van der Waals surface area contributed by atoms with E-state index in [1.807, 2.05) is 0 Å². The van der Waals surface area contributed by atoms with Crippen molar-refractivity contribution < 1.29 is 0 Å². The Kier molecular flexibility index (Phi) is 4.06. The third-order valence-corrected chi connectivity index (χ3v) is 3.74. The zero-order valence-corrected chi connectivity index (χ0v) is 11.9. The molecule has 0 aliphatic carbocycles. The topological polar surface area (TPSA) is 12.9 Å². The Morgan fingerprint density at radius 2 is 1.18 bits per heavy atom. The molecule has 88 valence electrons. The van der Waals surface area contributed by atoms with E-state index in [1.54, 1.807) is 12.1 Å². The number of pyridine rings is 1. The molecule has 0 atom stereocenters. The van der Waals surface area contributed by atoms with Crippen molar-refractivity contribution in [1.82, 2.24) is 4.98 Å². The van der Waals surface area contributed by atoms with Gasteiger partial charge in [-0.15, -0.1) is 0 Å². The van der Waals surface area contributed by atoms with E-state index in [0.717, 1.165) is 0 Å². The van der Waals surface area contributed by atoms with Gasteiger partial charge in [0.15, 0.2) is 0 Å². The number of nitrogens with zero attached hydrogens (tertiary/aromatic N) is 1. The predicted molar refractivity (Wildman–Crippen MR) is 74.7 cm³/mol. The van der Waals surface area contributed by atoms with Crippen molar-refractivity contribution in [3.05, 3.63) is 49.6 Å². The molecule has 1 aromatic heterocycles. The summed E-state index contributed by atoms with van der Waals surface area (Å²) < 4.78 is 0. The van der Waals surface area contributed by atoms with Gasteiger partial charge in [-0.1, -0.05) is 58.0 Å². The van der Waals surface area contributed by atoms with Crippen LogP contribution in [0.3, 0.4) is 0 Å². The van der Waals surface area contributed by atoms with Gasteiger partial charge in [-0.05, 0) is 12.1 Å². The minimum Gasteiger partial charge on any atom is -0.262 e. The number of aromatic nitrogens is 1. The first-order valence-electron chi connectivity index (χ1n) is 4.44. The number of rotatable bonds is 1. The molecular formula is C11H4Cl5N. The molecule has 2 aromatic rings. The molecule has 6 heteroatoms. The van der Waals surface area contributed by atoms with Gasteiger partial charge in [-0.2, -0.15) is 0 Å². The molecule has 0 bridgehead atoms. The number of hydrogen-bond acceptors (Lipinski definition) is 1. The third-order valence-electron chi connectivity index (χ3n) is 2.13. The molecule has 0 unspecified atom stereocenters. The molecule has 0 aliphatic heterocycles. The van der Waals surface area contributed by atoms with Gasteiger partial charge in [0.25, 0.3) is 0 Å². The van der Waals surface area contributed by atoms with E-state index in [4.69, 9.17) is 58.0 Å². The molecule has 2 rings (SSSR count). The zero-order chi connectivity index (χ0) is 12.6. The largest absolute Gasteiger partial charge is 0.262 e. The van der Waals surface area contributed by atoms with E-state index in [9.17, 15) is 0 Å². The molecular weight excluding hydrogens is 323 g/mol. The number of hydrogen-bond donors (Lipinski definition) is 0. The summed E-state index contributed by atoms with van der Waals surface area (Å²) in [6.07, 6.45) is 2.98. The highest BCUT2D eigenvalue weighted by atomic mass is 35.5. The lowest BCUT2D eigenvalue weighted by Gasteiger charge is -2.09. The van der Waals surface area contributed by atoms with Gasteiger partial charge in [0.2, 0.25) is 0 Å². The fourth-order valence-electron chi connectivity index (χ4n) is 1.38. The minimum atomic E-state index is 0.377. The summed E-state index contributed by atoms with van der Waals surface area (Å²) in [7, 11) is 0. The van der Waals surface area contributed by atoms with Crippen molar-refractivity contribution in [3.63, 3.8) is 0 Å². The number of benzene rings is 1. The molecule has 0 spiro atoms. The zero-order valence-electron chi connectivity index (χ0n) is 8.15. The molecule has 0 N–H and O–H groups in total. The molecule has 0 radical (unpaired) electrons. The summed E-state index contributed by atoms with van der Waals surface area (Å²) in [6, 6.07) is 3.17. The second kappa shape index (κ2) is 5.21. The molecule has 17 heavy (non-hydrogen) atoms. The van der Waals surface area contributed by atoms with Crippen LogP contribution in [-0.2, 0) is 0 Å². The Hall–Kier alpha value is -0.180. The maximum Gasteiger partial charge on any atom is 0.0683 e. The van der Waals surface area contributed by atoms with Gasteiger partial charge in [-0.25, -0.2) is 0 Å². The predicted octanol–water partition coefficient (Wildman–Crippen LogP) is 6.02. The smallest absolute Gasteiger partial charge is 0.0683 e. The van der Waals surface area contributed by atoms with Gasteiger partial charge < -0.3 is 0 Å². The fraction of sp³-hybridized carbons (Fsp3) is 0. The summed E-state index contributed by atoms with van der Waals surface area (Å²) >= 11 is 30.0. The van der Waals surface area contributed by atoms with Gasteiger partial charge in [0.1, 0.15) is 0 Å². The molecule has 0 fully saturated rings. The van der Waals surface area contributed by atoms with E-state index in [1.165, 1.54) is 12.4 Å². The van der Waals surface area contributed by atoms with E-state index < -0.39 is 0 Å². The first-order chi connectivity index (χ1) is 8.00. The molecule has 0 aliphatic rings. The SMILES string of the molecule is Clc1cc(Cl)c(-c2c(Cl)cncc2Cl)cc1Cl. The highest BCUT2D eigenvalue weighted by Crippen LogP contribution is 2.41. The van der Waals surface area contributed by atoms with Crippen LogP contribution < -0.4 is 0 Å². The Labute approximate surface area is 123 Å². The normalized spacial score (nSPS) is 10.6. The highest BCUT2D eigenvalue weighted by Gasteiger charge is 2.14. The van der Waals surface area contributed by atoms with Crippen LogP contribution in [0.5, 0.6) is 0 Å². The van der Waals surface area contributed by atoms with Crippen molar-refractivity contribution in [2.24, 2.45) is 0 Å². The van der Waals surface area contributed by atoms with Gasteiger partial charge in [-0.3, -0.25) is 4.98 Å². The van der Waals surface area contributed by atoms with Gasteiger partial charge >= 0.3 is 0 Å². The van der Waals surface area contributed by atoms with Crippen molar-refractivity contribution >= 4 is 58.0 Å². The quantitative estimate of drug-likeness (QED) is 0.584. The monoisotopic (exact) mass is 325 g/mol. The number of halogens is 5. The minimum absolute atomic E-state index is 0.377. The molecule has 0 saturated carbocycles. The first kappa shape index (κ1) is 13.3. The fourth-order valence-corrected chi connectivity index (χ4v) is 2.59. The van der Waals surface area contributed by atoms with Crippen LogP contribution in [0, 0.1) is 0 Å². The molecule has 1 heterocycles. The maximum atomic E-state index is 6.10. The van der Waals surface area contributed by atoms with Crippen molar-refractivity contribution in [2.45, 2.75) is 0 Å². The Balaban J connectivity index is 2.73. The third kappa shape index (κ3) is 2.64. The summed E-state index contributed by atoms with van der Waals surface area (Å²) in [5.74, 6) is 0. The Bertz CT molecular complexity index is 562. The summed E-state index contributed by atoms with van der Waals surface area (Å²) in [4.78, 5) is 3.87. The van der Waals surface area contributed by atoms with Crippen LogP contribution in [0.25, 0.3) is 11.1 Å². The Morgan fingerprint density at radius 3 is 1.76 bits per heavy atom. The van der Waals surface area contributed by atoms with Crippen molar-refractivity contribution in [1.29, 1.82) is 0 Å². The average molecular weight is 327 g/mol.